The predicted molar refractivity (Wildman–Crippen MR) is 85.1 cm³/mol. The molecular weight excluding hydrogens is 298 g/mol. The minimum absolute atomic E-state index is 0.0699. The number of fused-ring (bicyclic) bond motifs is 1. The van der Waals surface area contributed by atoms with Crippen molar-refractivity contribution in [3.8, 4) is 0 Å². The van der Waals surface area contributed by atoms with Gasteiger partial charge in [0.15, 0.2) is 0 Å². The van der Waals surface area contributed by atoms with Gasteiger partial charge < -0.3 is 5.32 Å². The van der Waals surface area contributed by atoms with E-state index in [4.69, 9.17) is 0 Å². The number of aromatic nitrogens is 4. The van der Waals surface area contributed by atoms with Crippen LogP contribution < -0.4 is 5.32 Å². The lowest BCUT2D eigenvalue weighted by Crippen LogP contribution is -2.28. The van der Waals surface area contributed by atoms with Crippen molar-refractivity contribution in [1.82, 2.24) is 24.7 Å². The van der Waals surface area contributed by atoms with Crippen LogP contribution in [0.2, 0.25) is 0 Å². The highest BCUT2D eigenvalue weighted by atomic mass is 32.1. The van der Waals surface area contributed by atoms with Crippen LogP contribution in [-0.4, -0.2) is 31.8 Å². The van der Waals surface area contributed by atoms with E-state index in [1.165, 1.54) is 35.6 Å². The zero-order valence-corrected chi connectivity index (χ0v) is 13.7. The summed E-state index contributed by atoms with van der Waals surface area (Å²) in [6.45, 7) is 3.37. The van der Waals surface area contributed by atoms with E-state index in [1.54, 1.807) is 0 Å². The minimum atomic E-state index is -0.0699. The van der Waals surface area contributed by atoms with Gasteiger partial charge in [-0.25, -0.2) is 0 Å². The largest absolute Gasteiger partial charge is 0.349 e. The van der Waals surface area contributed by atoms with Crippen LogP contribution in [0.25, 0.3) is 0 Å². The lowest BCUT2D eigenvalue weighted by atomic mass is 9.98. The second-order valence-corrected chi connectivity index (χ2v) is 6.36. The first kappa shape index (κ1) is 15.1. The smallest absolute Gasteiger partial charge is 0.265 e. The fourth-order valence-corrected chi connectivity index (χ4v) is 3.51. The summed E-state index contributed by atoms with van der Waals surface area (Å²) < 4.78 is 5.93. The summed E-state index contributed by atoms with van der Waals surface area (Å²) >= 11 is 1.17. The SMILES string of the molecule is CCCc1nnsc1C(=O)NCCn1ncc2c1CCCC2. The minimum Gasteiger partial charge on any atom is -0.349 e. The quantitative estimate of drug-likeness (QED) is 0.884. The second kappa shape index (κ2) is 7.00. The van der Waals surface area contributed by atoms with Gasteiger partial charge in [-0.3, -0.25) is 9.48 Å². The van der Waals surface area contributed by atoms with Gasteiger partial charge in [-0.15, -0.1) is 5.10 Å². The Bertz CT molecular complexity index is 648. The molecule has 0 spiro atoms. The molecule has 0 bridgehead atoms. The lowest BCUT2D eigenvalue weighted by Gasteiger charge is -2.14. The van der Waals surface area contributed by atoms with Crippen molar-refractivity contribution in [1.29, 1.82) is 0 Å². The van der Waals surface area contributed by atoms with Gasteiger partial charge in [0.25, 0.3) is 5.91 Å². The average molecular weight is 319 g/mol. The number of nitrogens with one attached hydrogen (secondary N) is 1. The van der Waals surface area contributed by atoms with Gasteiger partial charge in [0.05, 0.1) is 18.4 Å². The van der Waals surface area contributed by atoms with Crippen molar-refractivity contribution < 1.29 is 4.79 Å². The second-order valence-electron chi connectivity index (χ2n) is 5.60. The highest BCUT2D eigenvalue weighted by Crippen LogP contribution is 2.20. The molecule has 2 aromatic heterocycles. The van der Waals surface area contributed by atoms with Crippen LogP contribution in [0.4, 0.5) is 0 Å². The summed E-state index contributed by atoms with van der Waals surface area (Å²) in [7, 11) is 0. The zero-order valence-electron chi connectivity index (χ0n) is 12.8. The van der Waals surface area contributed by atoms with Crippen LogP contribution in [0.3, 0.4) is 0 Å². The molecule has 22 heavy (non-hydrogen) atoms. The molecule has 2 heterocycles. The van der Waals surface area contributed by atoms with Crippen molar-refractivity contribution in [3.05, 3.63) is 28.0 Å². The van der Waals surface area contributed by atoms with Crippen LogP contribution in [0.5, 0.6) is 0 Å². The maximum atomic E-state index is 12.2. The zero-order chi connectivity index (χ0) is 15.4. The number of aryl methyl sites for hydroxylation is 2. The van der Waals surface area contributed by atoms with Gasteiger partial charge in [-0.2, -0.15) is 5.10 Å². The summed E-state index contributed by atoms with van der Waals surface area (Å²) in [5.74, 6) is -0.0699. The topological polar surface area (TPSA) is 72.7 Å². The van der Waals surface area contributed by atoms with Crippen molar-refractivity contribution in [2.24, 2.45) is 0 Å². The number of hydrogen-bond acceptors (Lipinski definition) is 5. The highest BCUT2D eigenvalue weighted by molar-refractivity contribution is 7.08. The number of rotatable bonds is 6. The molecule has 2 aromatic rings. The molecule has 118 valence electrons. The number of carbonyl (C=O) groups excluding carboxylic acids is 1. The van der Waals surface area contributed by atoms with Crippen molar-refractivity contribution >= 4 is 17.4 Å². The monoisotopic (exact) mass is 319 g/mol. The summed E-state index contributed by atoms with van der Waals surface area (Å²) in [5, 5.41) is 11.4. The molecule has 1 amide bonds. The van der Waals surface area contributed by atoms with E-state index in [-0.39, 0.29) is 5.91 Å². The van der Waals surface area contributed by atoms with Crippen molar-refractivity contribution in [2.45, 2.75) is 52.0 Å². The first-order chi connectivity index (χ1) is 10.8. The highest BCUT2D eigenvalue weighted by Gasteiger charge is 2.17. The third-order valence-electron chi connectivity index (χ3n) is 4.00. The molecule has 0 aromatic carbocycles. The summed E-state index contributed by atoms with van der Waals surface area (Å²) in [4.78, 5) is 12.9. The van der Waals surface area contributed by atoms with Crippen molar-refractivity contribution in [2.75, 3.05) is 6.54 Å². The fourth-order valence-electron chi connectivity index (χ4n) is 2.89. The Labute approximate surface area is 134 Å². The van der Waals surface area contributed by atoms with E-state index in [0.717, 1.165) is 37.9 Å². The average Bonchev–Trinajstić information content (AvgIpc) is 3.15. The lowest BCUT2D eigenvalue weighted by molar-refractivity contribution is 0.0954. The predicted octanol–water partition coefficient (Wildman–Crippen LogP) is 2.00. The molecule has 3 rings (SSSR count). The van der Waals surface area contributed by atoms with Crippen LogP contribution in [0.1, 0.15) is 52.8 Å². The Hall–Kier alpha value is -1.76. The van der Waals surface area contributed by atoms with Crippen molar-refractivity contribution in [3.63, 3.8) is 0 Å². The van der Waals surface area contributed by atoms with Crippen LogP contribution in [-0.2, 0) is 25.8 Å². The molecule has 1 aliphatic rings. The normalized spacial score (nSPS) is 13.9. The Balaban J connectivity index is 1.55. The molecule has 0 aliphatic heterocycles. The first-order valence-corrected chi connectivity index (χ1v) is 8.70. The summed E-state index contributed by atoms with van der Waals surface area (Å²) in [6.07, 6.45) is 8.46. The molecule has 1 aliphatic carbocycles. The van der Waals surface area contributed by atoms with Gasteiger partial charge >= 0.3 is 0 Å². The maximum absolute atomic E-state index is 12.2. The molecule has 0 unspecified atom stereocenters. The van der Waals surface area contributed by atoms with E-state index in [2.05, 4.69) is 26.9 Å². The Morgan fingerprint density at radius 3 is 3.14 bits per heavy atom. The Morgan fingerprint density at radius 2 is 2.27 bits per heavy atom. The third-order valence-corrected chi connectivity index (χ3v) is 4.77. The maximum Gasteiger partial charge on any atom is 0.265 e. The molecule has 0 saturated heterocycles. The summed E-state index contributed by atoms with van der Waals surface area (Å²) in [6, 6.07) is 0. The van der Waals surface area contributed by atoms with Gasteiger partial charge in [0, 0.05) is 12.2 Å². The standard InChI is InChI=1S/C15H21N5OS/c1-2-5-12-14(22-19-18-12)15(21)16-8-9-20-13-7-4-3-6-11(13)10-17-20/h10H,2-9H2,1H3,(H,16,21). The first-order valence-electron chi connectivity index (χ1n) is 7.92. The van der Waals surface area contributed by atoms with Crippen LogP contribution in [0.15, 0.2) is 6.20 Å². The third kappa shape index (κ3) is 3.19. The Morgan fingerprint density at radius 1 is 1.41 bits per heavy atom. The molecule has 0 radical (unpaired) electrons. The van der Waals surface area contributed by atoms with E-state index < -0.39 is 0 Å². The molecule has 0 saturated carbocycles. The molecule has 1 N–H and O–H groups in total. The molecule has 0 atom stereocenters. The van der Waals surface area contributed by atoms with E-state index in [9.17, 15) is 4.79 Å². The van der Waals surface area contributed by atoms with Gasteiger partial charge in [0.2, 0.25) is 0 Å². The van der Waals surface area contributed by atoms with Gasteiger partial charge in [-0.1, -0.05) is 17.8 Å². The van der Waals surface area contributed by atoms with Gasteiger partial charge in [-0.05, 0) is 49.2 Å². The molecular formula is C15H21N5OS. The summed E-state index contributed by atoms with van der Waals surface area (Å²) in [5.41, 5.74) is 3.52. The molecule has 6 nitrogen and oxygen atoms in total. The van der Waals surface area contributed by atoms with Gasteiger partial charge in [0.1, 0.15) is 4.88 Å². The van der Waals surface area contributed by atoms with E-state index in [1.807, 2.05) is 10.9 Å². The van der Waals surface area contributed by atoms with Crippen LogP contribution in [0, 0.1) is 0 Å². The molecule has 7 heteroatoms. The fraction of sp³-hybridized carbons (Fsp3) is 0.600. The van der Waals surface area contributed by atoms with E-state index in [0.29, 0.717) is 11.4 Å². The Kier molecular flexibility index (Phi) is 4.82. The number of hydrogen-bond donors (Lipinski definition) is 1. The number of amides is 1. The number of carbonyl (C=O) groups is 1. The van der Waals surface area contributed by atoms with E-state index >= 15 is 0 Å². The molecule has 0 fully saturated rings. The van der Waals surface area contributed by atoms with Crippen LogP contribution >= 0.6 is 11.5 Å². The number of nitrogens with zero attached hydrogens (tertiary/aromatic N) is 4.